The number of rotatable bonds is 1. The molecule has 1 saturated heterocycles. The molecule has 2 aromatic rings. The second-order valence-electron chi connectivity index (χ2n) is 5.35. The average molecular weight is 315 g/mol. The number of aliphatic hydroxyl groups is 1. The van der Waals surface area contributed by atoms with Gasteiger partial charge in [-0.2, -0.15) is 0 Å². The highest BCUT2D eigenvalue weighted by Gasteiger charge is 2.46. The van der Waals surface area contributed by atoms with Crippen molar-refractivity contribution < 1.29 is 5.11 Å². The first-order valence-electron chi connectivity index (χ1n) is 7.20. The van der Waals surface area contributed by atoms with E-state index in [0.717, 1.165) is 23.5 Å². The molecule has 4 rings (SSSR count). The summed E-state index contributed by atoms with van der Waals surface area (Å²) in [5, 5.41) is 10.9. The van der Waals surface area contributed by atoms with Gasteiger partial charge in [-0.1, -0.05) is 60.3 Å². The zero-order chi connectivity index (χ0) is 14.3. The van der Waals surface area contributed by atoms with E-state index in [4.69, 9.17) is 0 Å². The van der Waals surface area contributed by atoms with Crippen LogP contribution in [0.15, 0.2) is 54.6 Å². The molecule has 21 heavy (non-hydrogen) atoms. The molecule has 0 bridgehead atoms. The lowest BCUT2D eigenvalue weighted by atomic mass is 10.1. The van der Waals surface area contributed by atoms with Gasteiger partial charge in [-0.15, -0.1) is 11.8 Å². The highest BCUT2D eigenvalue weighted by atomic mass is 32.2. The van der Waals surface area contributed by atoms with Crippen LogP contribution in [0, 0.1) is 0 Å². The van der Waals surface area contributed by atoms with Crippen LogP contribution in [-0.4, -0.2) is 22.0 Å². The van der Waals surface area contributed by atoms with Gasteiger partial charge < -0.3 is 10.0 Å². The summed E-state index contributed by atoms with van der Waals surface area (Å²) in [4.78, 5) is 2.22. The van der Waals surface area contributed by atoms with E-state index >= 15 is 0 Å². The van der Waals surface area contributed by atoms with Crippen LogP contribution in [0.2, 0.25) is 0 Å². The van der Waals surface area contributed by atoms with E-state index in [9.17, 15) is 5.11 Å². The van der Waals surface area contributed by atoms with Gasteiger partial charge in [0, 0.05) is 29.2 Å². The molecule has 2 atom stereocenters. The van der Waals surface area contributed by atoms with Crippen molar-refractivity contribution in [3.05, 3.63) is 65.7 Å². The maximum absolute atomic E-state index is 11.5. The first-order valence-corrected chi connectivity index (χ1v) is 9.23. The van der Waals surface area contributed by atoms with Gasteiger partial charge in [0.2, 0.25) is 5.06 Å². The molecule has 1 fully saturated rings. The van der Waals surface area contributed by atoms with Crippen molar-refractivity contribution in [2.45, 2.75) is 16.9 Å². The highest BCUT2D eigenvalue weighted by molar-refractivity contribution is 8.04. The van der Waals surface area contributed by atoms with Crippen molar-refractivity contribution in [1.82, 2.24) is 0 Å². The second-order valence-corrected chi connectivity index (χ2v) is 7.90. The first-order chi connectivity index (χ1) is 10.3. The van der Waals surface area contributed by atoms with E-state index in [1.807, 2.05) is 42.1 Å². The molecule has 2 unspecified atom stereocenters. The van der Waals surface area contributed by atoms with Gasteiger partial charge in [0.05, 0.1) is 5.37 Å². The summed E-state index contributed by atoms with van der Waals surface area (Å²) in [6.45, 7) is 0. The Balaban J connectivity index is 1.86. The Labute approximate surface area is 133 Å². The topological polar surface area (TPSA) is 23.5 Å². The van der Waals surface area contributed by atoms with Crippen LogP contribution in [-0.2, 0) is 11.5 Å². The molecule has 0 amide bonds. The van der Waals surface area contributed by atoms with Gasteiger partial charge in [0.15, 0.2) is 0 Å². The number of para-hydroxylation sites is 1. The van der Waals surface area contributed by atoms with Crippen LogP contribution in [0.5, 0.6) is 0 Å². The van der Waals surface area contributed by atoms with Crippen LogP contribution < -0.4 is 4.90 Å². The minimum atomic E-state index is -0.970. The molecular formula is C17H17NOS2. The molecule has 0 aromatic heterocycles. The zero-order valence-corrected chi connectivity index (χ0v) is 13.2. The van der Waals surface area contributed by atoms with E-state index in [2.05, 4.69) is 29.2 Å². The lowest BCUT2D eigenvalue weighted by Crippen LogP contribution is -2.46. The van der Waals surface area contributed by atoms with Gasteiger partial charge in [0.1, 0.15) is 0 Å². The summed E-state index contributed by atoms with van der Waals surface area (Å²) >= 11 is 3.59. The predicted molar refractivity (Wildman–Crippen MR) is 91.7 cm³/mol. The summed E-state index contributed by atoms with van der Waals surface area (Å²) in [7, 11) is 0. The summed E-state index contributed by atoms with van der Waals surface area (Å²) in [6.07, 6.45) is 1.01. The molecule has 0 aliphatic carbocycles. The Morgan fingerprint density at radius 3 is 2.62 bits per heavy atom. The van der Waals surface area contributed by atoms with E-state index in [0.29, 0.717) is 5.37 Å². The quantitative estimate of drug-likeness (QED) is 0.867. The fourth-order valence-electron chi connectivity index (χ4n) is 3.16. The molecule has 108 valence electrons. The third kappa shape index (κ3) is 2.17. The number of fused-ring (bicyclic) bond motifs is 3. The molecular weight excluding hydrogens is 298 g/mol. The Morgan fingerprint density at radius 1 is 1.00 bits per heavy atom. The van der Waals surface area contributed by atoms with E-state index in [-0.39, 0.29) is 0 Å². The van der Waals surface area contributed by atoms with Gasteiger partial charge in [-0.05, 0) is 11.6 Å². The Hall–Kier alpha value is -1.10. The molecule has 2 aliphatic rings. The molecule has 0 radical (unpaired) electrons. The summed E-state index contributed by atoms with van der Waals surface area (Å²) in [5.74, 6) is 2.04. The minimum absolute atomic E-state index is 0.322. The average Bonchev–Trinajstić information content (AvgIpc) is 2.82. The largest absolute Gasteiger partial charge is 0.358 e. The van der Waals surface area contributed by atoms with Crippen LogP contribution in [0.1, 0.15) is 11.1 Å². The van der Waals surface area contributed by atoms with Gasteiger partial charge in [-0.3, -0.25) is 0 Å². The van der Waals surface area contributed by atoms with Crippen LogP contribution in [0.3, 0.4) is 0 Å². The molecule has 2 nitrogen and oxygen atoms in total. The molecule has 0 spiro atoms. The standard InChI is InChI=1S/C17H17NOS2/c19-17(14-7-2-1-3-8-14)18-15-9-5-4-6-13(15)12-16(18)20-10-11-21-17/h1-9,16,19H,10-12H2. The van der Waals surface area contributed by atoms with Crippen LogP contribution in [0.25, 0.3) is 0 Å². The maximum Gasteiger partial charge on any atom is 0.215 e. The first kappa shape index (κ1) is 13.6. The van der Waals surface area contributed by atoms with E-state index < -0.39 is 5.06 Å². The number of nitrogens with zero attached hydrogens (tertiary/aromatic N) is 1. The van der Waals surface area contributed by atoms with Crippen molar-refractivity contribution >= 4 is 29.2 Å². The number of anilines is 1. The lowest BCUT2D eigenvalue weighted by molar-refractivity contribution is 0.132. The lowest BCUT2D eigenvalue weighted by Gasteiger charge is -2.40. The maximum atomic E-state index is 11.5. The molecule has 1 N–H and O–H groups in total. The fraction of sp³-hybridized carbons (Fsp3) is 0.294. The smallest absolute Gasteiger partial charge is 0.215 e. The van der Waals surface area contributed by atoms with E-state index in [1.165, 1.54) is 11.3 Å². The normalized spacial score (nSPS) is 27.9. The zero-order valence-electron chi connectivity index (χ0n) is 11.6. The number of benzene rings is 2. The Kier molecular flexibility index (Phi) is 3.40. The molecule has 2 aromatic carbocycles. The van der Waals surface area contributed by atoms with Gasteiger partial charge >= 0.3 is 0 Å². The summed E-state index contributed by atoms with van der Waals surface area (Å²) in [6, 6.07) is 18.5. The second kappa shape index (κ2) is 5.27. The molecule has 2 aliphatic heterocycles. The minimum Gasteiger partial charge on any atom is -0.358 e. The predicted octanol–water partition coefficient (Wildman–Crippen LogP) is 3.66. The third-order valence-corrected chi connectivity index (χ3v) is 6.81. The Morgan fingerprint density at radius 2 is 1.76 bits per heavy atom. The monoisotopic (exact) mass is 315 g/mol. The van der Waals surface area contributed by atoms with Crippen molar-refractivity contribution in [1.29, 1.82) is 0 Å². The van der Waals surface area contributed by atoms with Crippen molar-refractivity contribution in [3.63, 3.8) is 0 Å². The van der Waals surface area contributed by atoms with Crippen molar-refractivity contribution in [2.24, 2.45) is 0 Å². The SMILES string of the molecule is OC1(c2ccccc2)SCCSC2Cc3ccccc3N21. The van der Waals surface area contributed by atoms with Crippen molar-refractivity contribution in [2.75, 3.05) is 16.4 Å². The summed E-state index contributed by atoms with van der Waals surface area (Å²) in [5.41, 5.74) is 3.49. The molecule has 4 heteroatoms. The van der Waals surface area contributed by atoms with Gasteiger partial charge in [0.25, 0.3) is 0 Å². The Bertz CT molecular complexity index is 648. The third-order valence-electron chi connectivity index (χ3n) is 4.11. The van der Waals surface area contributed by atoms with Crippen LogP contribution in [0.4, 0.5) is 5.69 Å². The van der Waals surface area contributed by atoms with Crippen molar-refractivity contribution in [3.8, 4) is 0 Å². The van der Waals surface area contributed by atoms with Crippen LogP contribution >= 0.6 is 23.5 Å². The number of thioether (sulfide) groups is 2. The molecule has 2 heterocycles. The fourth-order valence-corrected chi connectivity index (χ4v) is 5.88. The van der Waals surface area contributed by atoms with Gasteiger partial charge in [-0.25, -0.2) is 0 Å². The summed E-state index contributed by atoms with van der Waals surface area (Å²) < 4.78 is 0. The number of hydrogen-bond acceptors (Lipinski definition) is 4. The highest BCUT2D eigenvalue weighted by Crippen LogP contribution is 2.51. The molecule has 0 saturated carbocycles. The van der Waals surface area contributed by atoms with E-state index in [1.54, 1.807) is 11.8 Å². The number of hydrogen-bond donors (Lipinski definition) is 1.